The molecule has 0 spiro atoms. The first kappa shape index (κ1) is 17.4. The highest BCUT2D eigenvalue weighted by atomic mass is 16.2. The maximum Gasteiger partial charge on any atom is 0.274 e. The molecular weight excluding hydrogens is 318 g/mol. The summed E-state index contributed by atoms with van der Waals surface area (Å²) < 4.78 is 3.29. The Kier molecular flexibility index (Phi) is 5.31. The van der Waals surface area contributed by atoms with Crippen molar-refractivity contribution in [1.29, 1.82) is 0 Å². The fraction of sp³-hybridized carbons (Fsp3) is 0.556. The monoisotopic (exact) mass is 343 g/mol. The molecule has 2 aromatic rings. The molecule has 1 saturated heterocycles. The molecule has 0 unspecified atom stereocenters. The molecular formula is C18H25N5O2. The summed E-state index contributed by atoms with van der Waals surface area (Å²) in [6.45, 7) is 6.03. The van der Waals surface area contributed by atoms with Crippen LogP contribution in [0.2, 0.25) is 0 Å². The van der Waals surface area contributed by atoms with E-state index in [9.17, 15) is 9.59 Å². The van der Waals surface area contributed by atoms with E-state index in [1.165, 1.54) is 10.7 Å². The Balaban J connectivity index is 1.76. The summed E-state index contributed by atoms with van der Waals surface area (Å²) in [4.78, 5) is 26.7. The number of unbranched alkanes of at least 4 members (excludes halogenated alkanes) is 1. The van der Waals surface area contributed by atoms with Crippen LogP contribution in [-0.4, -0.2) is 43.0 Å². The van der Waals surface area contributed by atoms with Gasteiger partial charge in [0, 0.05) is 25.4 Å². The van der Waals surface area contributed by atoms with Crippen LogP contribution in [0.5, 0.6) is 0 Å². The molecule has 1 fully saturated rings. The van der Waals surface area contributed by atoms with E-state index in [0.717, 1.165) is 37.8 Å². The molecule has 3 heterocycles. The van der Waals surface area contributed by atoms with Gasteiger partial charge in [0.2, 0.25) is 0 Å². The van der Waals surface area contributed by atoms with Gasteiger partial charge in [-0.1, -0.05) is 13.3 Å². The fourth-order valence-corrected chi connectivity index (χ4v) is 3.25. The first-order chi connectivity index (χ1) is 12.1. The fourth-order valence-electron chi connectivity index (χ4n) is 3.25. The lowest BCUT2D eigenvalue weighted by Crippen LogP contribution is -2.39. The molecule has 7 nitrogen and oxygen atoms in total. The van der Waals surface area contributed by atoms with Crippen LogP contribution in [0.3, 0.4) is 0 Å². The Labute approximate surface area is 147 Å². The number of aromatic nitrogens is 4. The van der Waals surface area contributed by atoms with E-state index in [-0.39, 0.29) is 17.5 Å². The number of amides is 1. The van der Waals surface area contributed by atoms with Crippen molar-refractivity contribution >= 4 is 5.91 Å². The molecule has 1 atom stereocenters. The molecule has 1 aliphatic rings. The third-order valence-electron chi connectivity index (χ3n) is 4.61. The van der Waals surface area contributed by atoms with Crippen LogP contribution in [0, 0.1) is 6.92 Å². The lowest BCUT2D eigenvalue weighted by Gasteiger charge is -2.24. The Morgan fingerprint density at radius 1 is 1.36 bits per heavy atom. The molecule has 0 radical (unpaired) electrons. The predicted molar refractivity (Wildman–Crippen MR) is 94.4 cm³/mol. The van der Waals surface area contributed by atoms with Gasteiger partial charge in [0.05, 0.1) is 18.8 Å². The maximum atomic E-state index is 12.9. The van der Waals surface area contributed by atoms with Crippen molar-refractivity contribution in [3.05, 3.63) is 46.1 Å². The molecule has 0 N–H and O–H groups in total. The van der Waals surface area contributed by atoms with Gasteiger partial charge in [0.1, 0.15) is 5.69 Å². The van der Waals surface area contributed by atoms with Crippen molar-refractivity contribution in [3.8, 4) is 0 Å². The van der Waals surface area contributed by atoms with Crippen molar-refractivity contribution in [3.63, 3.8) is 0 Å². The Bertz CT molecular complexity index is 795. The minimum Gasteiger partial charge on any atom is -0.332 e. The van der Waals surface area contributed by atoms with E-state index >= 15 is 0 Å². The Morgan fingerprint density at radius 3 is 2.92 bits per heavy atom. The summed E-state index contributed by atoms with van der Waals surface area (Å²) in [6.07, 6.45) is 7.60. The highest BCUT2D eigenvalue weighted by Gasteiger charge is 2.30. The first-order valence-corrected chi connectivity index (χ1v) is 8.96. The number of nitrogens with zero attached hydrogens (tertiary/aromatic N) is 5. The van der Waals surface area contributed by atoms with E-state index in [4.69, 9.17) is 0 Å². The third-order valence-corrected chi connectivity index (χ3v) is 4.61. The molecule has 2 aromatic heterocycles. The van der Waals surface area contributed by atoms with Crippen molar-refractivity contribution in [2.24, 2.45) is 0 Å². The van der Waals surface area contributed by atoms with Crippen molar-refractivity contribution in [2.75, 3.05) is 6.54 Å². The number of carbonyl (C=O) groups is 1. The number of carbonyl (C=O) groups excluding carboxylic acids is 1. The Morgan fingerprint density at radius 2 is 2.20 bits per heavy atom. The number of likely N-dealkylation sites (tertiary alicyclic amines) is 1. The average molecular weight is 343 g/mol. The van der Waals surface area contributed by atoms with Gasteiger partial charge in [-0.15, -0.1) is 0 Å². The SMILES string of the molecule is CCCCn1nc(C(=O)N2CCC[C@@H]2Cn2cc(C)cn2)ccc1=O. The zero-order valence-electron chi connectivity index (χ0n) is 14.9. The van der Waals surface area contributed by atoms with Gasteiger partial charge in [0.15, 0.2) is 0 Å². The number of aryl methyl sites for hydroxylation is 2. The van der Waals surface area contributed by atoms with Gasteiger partial charge < -0.3 is 4.90 Å². The minimum absolute atomic E-state index is 0.100. The van der Waals surface area contributed by atoms with Gasteiger partial charge in [-0.2, -0.15) is 10.2 Å². The summed E-state index contributed by atoms with van der Waals surface area (Å²) in [5, 5.41) is 8.61. The zero-order valence-corrected chi connectivity index (χ0v) is 14.9. The van der Waals surface area contributed by atoms with Gasteiger partial charge in [-0.25, -0.2) is 4.68 Å². The highest BCUT2D eigenvalue weighted by Crippen LogP contribution is 2.20. The van der Waals surface area contributed by atoms with Crippen LogP contribution in [-0.2, 0) is 13.1 Å². The second-order valence-corrected chi connectivity index (χ2v) is 6.67. The van der Waals surface area contributed by atoms with Gasteiger partial charge in [-0.05, 0) is 37.8 Å². The van der Waals surface area contributed by atoms with E-state index in [1.807, 2.05) is 28.9 Å². The smallest absolute Gasteiger partial charge is 0.274 e. The molecule has 0 bridgehead atoms. The van der Waals surface area contributed by atoms with E-state index in [0.29, 0.717) is 18.8 Å². The molecule has 7 heteroatoms. The third kappa shape index (κ3) is 3.97. The number of hydrogen-bond donors (Lipinski definition) is 0. The van der Waals surface area contributed by atoms with Gasteiger partial charge in [0.25, 0.3) is 11.5 Å². The number of hydrogen-bond acceptors (Lipinski definition) is 4. The normalized spacial score (nSPS) is 17.2. The zero-order chi connectivity index (χ0) is 17.8. The largest absolute Gasteiger partial charge is 0.332 e. The van der Waals surface area contributed by atoms with Crippen LogP contribution in [0.15, 0.2) is 29.3 Å². The molecule has 25 heavy (non-hydrogen) atoms. The molecule has 0 aliphatic carbocycles. The van der Waals surface area contributed by atoms with Crippen molar-refractivity contribution < 1.29 is 4.79 Å². The molecule has 0 saturated carbocycles. The molecule has 1 aliphatic heterocycles. The summed E-state index contributed by atoms with van der Waals surface area (Å²) in [6, 6.07) is 3.10. The minimum atomic E-state index is -0.157. The summed E-state index contributed by atoms with van der Waals surface area (Å²) >= 11 is 0. The molecule has 134 valence electrons. The lowest BCUT2D eigenvalue weighted by molar-refractivity contribution is 0.0712. The molecule has 1 amide bonds. The van der Waals surface area contributed by atoms with Gasteiger partial charge in [-0.3, -0.25) is 14.3 Å². The average Bonchev–Trinajstić information content (AvgIpc) is 3.23. The van der Waals surface area contributed by atoms with Crippen LogP contribution in [0.4, 0.5) is 0 Å². The summed E-state index contributed by atoms with van der Waals surface area (Å²) in [7, 11) is 0. The quantitative estimate of drug-likeness (QED) is 0.802. The predicted octanol–water partition coefficient (Wildman–Crippen LogP) is 1.85. The summed E-state index contributed by atoms with van der Waals surface area (Å²) in [5.41, 5.74) is 1.30. The maximum absolute atomic E-state index is 12.9. The molecule has 0 aromatic carbocycles. The van der Waals surface area contributed by atoms with E-state index in [1.54, 1.807) is 6.07 Å². The van der Waals surface area contributed by atoms with Gasteiger partial charge >= 0.3 is 0 Å². The van der Waals surface area contributed by atoms with Crippen molar-refractivity contribution in [1.82, 2.24) is 24.5 Å². The first-order valence-electron chi connectivity index (χ1n) is 8.96. The number of rotatable bonds is 6. The van der Waals surface area contributed by atoms with E-state index < -0.39 is 0 Å². The van der Waals surface area contributed by atoms with Crippen molar-refractivity contribution in [2.45, 2.75) is 58.7 Å². The summed E-state index contributed by atoms with van der Waals surface area (Å²) in [5.74, 6) is -0.100. The second kappa shape index (κ2) is 7.63. The topological polar surface area (TPSA) is 73.0 Å². The van der Waals surface area contributed by atoms with Crippen LogP contribution < -0.4 is 5.56 Å². The van der Waals surface area contributed by atoms with Crippen LogP contribution in [0.1, 0.15) is 48.7 Å². The highest BCUT2D eigenvalue weighted by molar-refractivity contribution is 5.92. The van der Waals surface area contributed by atoms with Crippen LogP contribution >= 0.6 is 0 Å². The van der Waals surface area contributed by atoms with Crippen LogP contribution in [0.25, 0.3) is 0 Å². The second-order valence-electron chi connectivity index (χ2n) is 6.67. The van der Waals surface area contributed by atoms with E-state index in [2.05, 4.69) is 17.1 Å². The standard InChI is InChI=1S/C18H25N5O2/c1-3-4-10-23-17(24)8-7-16(20-23)18(25)22-9-5-6-15(22)13-21-12-14(2)11-19-21/h7-8,11-12,15H,3-6,9-10,13H2,1-2H3/t15-/m1/s1. The molecule has 3 rings (SSSR count). The lowest BCUT2D eigenvalue weighted by atomic mass is 10.2. The Hall–Kier alpha value is -2.44.